The maximum Gasteiger partial charge on any atom is 0.251 e. The van der Waals surface area contributed by atoms with E-state index in [0.29, 0.717) is 62.9 Å². The summed E-state index contributed by atoms with van der Waals surface area (Å²) < 4.78 is 62.4. The van der Waals surface area contributed by atoms with Crippen molar-refractivity contribution in [3.05, 3.63) is 155 Å². The standard InChI is InChI=1S/C60H66Cl3F2N9O8S/c1-34-35(2)83-58-50(34)53(37-11-14-39(61)15-12-37)69-46(55-73-72-36(3)74(55)58)31-49(75)67-19-21-79-23-25-81-27-28-82-26-24-80-22-20-68-56(76)38-13-18-45(47(29-38)78-7)70-57(77)54-51(41-9-8-10-43(63)52(41)65)60(33-66,48(71-54)32-59(4,5)6)42-17-16-40(62)30-44(42)64/h8-18,29-30,46,48,51,54,71H,19-28,31-32H2,1-7H3,(H,67,75)(H,68,76)(H,70,77)/t46-,48?,51-,54+,60-/m0/s1. The van der Waals surface area contributed by atoms with Gasteiger partial charge in [-0.2, -0.15) is 5.26 Å². The molecule has 2 aliphatic rings. The van der Waals surface area contributed by atoms with Gasteiger partial charge in [0.1, 0.15) is 39.7 Å². The van der Waals surface area contributed by atoms with Crippen LogP contribution >= 0.6 is 46.1 Å². The maximum atomic E-state index is 16.2. The second-order valence-electron chi connectivity index (χ2n) is 21.3. The second-order valence-corrected chi connectivity index (χ2v) is 23.7. The zero-order valence-corrected chi connectivity index (χ0v) is 50.2. The first kappa shape index (κ1) is 62.7. The quantitative estimate of drug-likeness (QED) is 0.0394. The number of carbonyl (C=O) groups excluding carboxylic acids is 3. The number of nitrogens with one attached hydrogen (secondary N) is 4. The molecule has 23 heteroatoms. The molecular weight excluding hydrogens is 1150 g/mol. The molecular formula is C60H66Cl3F2N9O8S. The average Bonchev–Trinajstić information content (AvgIpc) is 3.08. The van der Waals surface area contributed by atoms with Crippen molar-refractivity contribution in [3.63, 3.8) is 0 Å². The molecule has 0 saturated carbocycles. The van der Waals surface area contributed by atoms with E-state index in [0.717, 1.165) is 38.3 Å². The highest BCUT2D eigenvalue weighted by molar-refractivity contribution is 7.15. The molecule has 2 aromatic heterocycles. The molecule has 6 aromatic rings. The summed E-state index contributed by atoms with van der Waals surface area (Å²) in [5, 5.41) is 33.4. The molecule has 4 N–H and O–H groups in total. The highest BCUT2D eigenvalue weighted by Crippen LogP contribution is 2.53. The van der Waals surface area contributed by atoms with Crippen LogP contribution in [0.1, 0.15) is 100 Å². The van der Waals surface area contributed by atoms with E-state index in [9.17, 15) is 19.6 Å². The number of carbonyl (C=O) groups is 3. The minimum atomic E-state index is -1.82. The van der Waals surface area contributed by atoms with Gasteiger partial charge in [0.15, 0.2) is 5.82 Å². The van der Waals surface area contributed by atoms with Crippen molar-refractivity contribution in [3.8, 4) is 16.8 Å². The number of aromatic nitrogens is 3. The van der Waals surface area contributed by atoms with Gasteiger partial charge in [0.2, 0.25) is 11.8 Å². The van der Waals surface area contributed by atoms with Gasteiger partial charge in [-0.05, 0) is 92.3 Å². The number of ether oxygens (including phenoxy) is 5. The van der Waals surface area contributed by atoms with E-state index in [1.165, 1.54) is 55.6 Å². The molecule has 4 heterocycles. The fourth-order valence-corrected chi connectivity index (χ4v) is 12.1. The normalized spacial score (nSPS) is 18.4. The van der Waals surface area contributed by atoms with Gasteiger partial charge in [0.25, 0.3) is 5.91 Å². The predicted molar refractivity (Wildman–Crippen MR) is 316 cm³/mol. The van der Waals surface area contributed by atoms with Crippen LogP contribution in [0.15, 0.2) is 83.9 Å². The van der Waals surface area contributed by atoms with Crippen molar-refractivity contribution in [2.24, 2.45) is 10.4 Å². The summed E-state index contributed by atoms with van der Waals surface area (Å²) in [6.07, 6.45) is 0.357. The number of rotatable bonds is 25. The number of aliphatic imine (C=N–C) groups is 1. The number of amides is 3. The number of nitriles is 1. The molecule has 0 aliphatic carbocycles. The molecule has 440 valence electrons. The molecule has 17 nitrogen and oxygen atoms in total. The van der Waals surface area contributed by atoms with E-state index in [1.807, 2.05) is 56.5 Å². The monoisotopic (exact) mass is 1220 g/mol. The van der Waals surface area contributed by atoms with E-state index < -0.39 is 58.3 Å². The minimum absolute atomic E-state index is 0.0491. The lowest BCUT2D eigenvalue weighted by Gasteiger charge is -2.37. The van der Waals surface area contributed by atoms with E-state index in [2.05, 4.69) is 51.4 Å². The summed E-state index contributed by atoms with van der Waals surface area (Å²) in [7, 11) is 1.38. The lowest BCUT2D eigenvalue weighted by molar-refractivity contribution is -0.121. The number of methoxy groups -OCH3 is 1. The maximum absolute atomic E-state index is 16.2. The SMILES string of the molecule is COc1cc(C(=O)NCCOCCOCCOCCOCCNC(=O)C[C@@H]2N=C(c3ccc(Cl)cc3)c3c(sc(C)c3C)-n3c(C)nnc32)ccc1NC(=O)[C@@H]1NC(CC(C)(C)C)[C@](C#N)(c2ccc(Cl)cc2F)[C@H]1c1cccc(Cl)c1F. The Balaban J connectivity index is 0.733. The molecule has 0 radical (unpaired) electrons. The lowest BCUT2D eigenvalue weighted by Crippen LogP contribution is -2.45. The van der Waals surface area contributed by atoms with Crippen LogP contribution in [-0.2, 0) is 34.0 Å². The fraction of sp³-hybridized carbons (Fsp3) is 0.417. The van der Waals surface area contributed by atoms with Crippen molar-refractivity contribution < 1.29 is 46.8 Å². The van der Waals surface area contributed by atoms with Crippen molar-refractivity contribution in [2.45, 2.75) is 83.8 Å². The van der Waals surface area contributed by atoms with Crippen molar-refractivity contribution in [1.82, 2.24) is 30.7 Å². The number of hydrogen-bond donors (Lipinski definition) is 4. The number of nitrogens with zero attached hydrogens (tertiary/aromatic N) is 5. The van der Waals surface area contributed by atoms with Crippen LogP contribution in [-0.4, -0.2) is 123 Å². The van der Waals surface area contributed by atoms with Crippen LogP contribution < -0.4 is 26.0 Å². The summed E-state index contributed by atoms with van der Waals surface area (Å²) in [6, 6.07) is 19.9. The Kier molecular flexibility index (Phi) is 21.1. The first-order valence-electron chi connectivity index (χ1n) is 27.0. The van der Waals surface area contributed by atoms with Gasteiger partial charge in [0, 0.05) is 62.2 Å². The third-order valence-corrected chi connectivity index (χ3v) is 16.4. The Morgan fingerprint density at radius 1 is 0.831 bits per heavy atom. The van der Waals surface area contributed by atoms with Crippen LogP contribution in [0.3, 0.4) is 0 Å². The number of thiophene rings is 1. The summed E-state index contributed by atoms with van der Waals surface area (Å²) in [6.45, 7) is 14.8. The van der Waals surface area contributed by atoms with E-state index >= 15 is 8.78 Å². The van der Waals surface area contributed by atoms with Crippen LogP contribution in [0.4, 0.5) is 14.5 Å². The van der Waals surface area contributed by atoms with Crippen LogP contribution in [0.5, 0.6) is 5.75 Å². The number of hydrogen-bond acceptors (Lipinski definition) is 14. The van der Waals surface area contributed by atoms with Gasteiger partial charge < -0.3 is 45.0 Å². The van der Waals surface area contributed by atoms with Gasteiger partial charge in [-0.25, -0.2) is 8.78 Å². The first-order valence-corrected chi connectivity index (χ1v) is 29.0. The van der Waals surface area contributed by atoms with Crippen molar-refractivity contribution >= 4 is 75.3 Å². The zero-order chi connectivity index (χ0) is 59.6. The Bertz CT molecular complexity index is 3390. The second kappa shape index (κ2) is 28.0. The fourth-order valence-electron chi connectivity index (χ4n) is 10.4. The predicted octanol–water partition coefficient (Wildman–Crippen LogP) is 10.4. The van der Waals surface area contributed by atoms with E-state index in [-0.39, 0.29) is 76.7 Å². The van der Waals surface area contributed by atoms with Gasteiger partial charge in [0.05, 0.1) is 94.9 Å². The third-order valence-electron chi connectivity index (χ3n) is 14.4. The first-order chi connectivity index (χ1) is 39.8. The molecule has 2 aliphatic heterocycles. The van der Waals surface area contributed by atoms with Gasteiger partial charge in [-0.3, -0.25) is 23.9 Å². The van der Waals surface area contributed by atoms with Gasteiger partial charge in [-0.15, -0.1) is 21.5 Å². The number of benzene rings is 4. The van der Waals surface area contributed by atoms with E-state index in [1.54, 1.807) is 11.3 Å². The summed E-state index contributed by atoms with van der Waals surface area (Å²) >= 11 is 20.4. The lowest BCUT2D eigenvalue weighted by atomic mass is 9.62. The summed E-state index contributed by atoms with van der Waals surface area (Å²) in [4.78, 5) is 47.3. The highest BCUT2D eigenvalue weighted by atomic mass is 35.5. The Morgan fingerprint density at radius 2 is 1.48 bits per heavy atom. The molecule has 3 amide bonds. The molecule has 83 heavy (non-hydrogen) atoms. The molecule has 0 bridgehead atoms. The van der Waals surface area contributed by atoms with Crippen LogP contribution in [0, 0.1) is 49.2 Å². The van der Waals surface area contributed by atoms with Crippen LogP contribution in [0.25, 0.3) is 5.00 Å². The van der Waals surface area contributed by atoms with Gasteiger partial charge >= 0.3 is 0 Å². The molecule has 1 saturated heterocycles. The molecule has 5 atom stereocenters. The molecule has 1 unspecified atom stereocenters. The molecule has 4 aromatic carbocycles. The smallest absolute Gasteiger partial charge is 0.251 e. The van der Waals surface area contributed by atoms with Crippen LogP contribution in [0.2, 0.25) is 15.1 Å². The number of fused-ring (bicyclic) bond motifs is 3. The Morgan fingerprint density at radius 3 is 2.12 bits per heavy atom. The van der Waals surface area contributed by atoms with Gasteiger partial charge in [-0.1, -0.05) is 85.9 Å². The number of anilines is 1. The molecule has 1 fully saturated rings. The number of halogens is 5. The highest BCUT2D eigenvalue weighted by Gasteiger charge is 2.61. The molecule has 0 spiro atoms. The van der Waals surface area contributed by atoms with Crippen molar-refractivity contribution in [1.29, 1.82) is 5.26 Å². The van der Waals surface area contributed by atoms with E-state index in [4.69, 9.17) is 63.5 Å². The van der Waals surface area contributed by atoms with Crippen molar-refractivity contribution in [2.75, 3.05) is 78.4 Å². The third kappa shape index (κ3) is 14.6. The topological polar surface area (TPSA) is 212 Å². The summed E-state index contributed by atoms with van der Waals surface area (Å²) in [5.41, 5.74) is 1.85. The average molecular weight is 1220 g/mol. The Hall–Kier alpha value is -6.38. The minimum Gasteiger partial charge on any atom is -0.495 e. The summed E-state index contributed by atoms with van der Waals surface area (Å²) in [5.74, 6) is -2.73. The Labute approximate surface area is 500 Å². The zero-order valence-electron chi connectivity index (χ0n) is 47.1. The molecule has 8 rings (SSSR count). The largest absolute Gasteiger partial charge is 0.495 e. The number of aryl methyl sites for hydroxylation is 2.